The lowest BCUT2D eigenvalue weighted by molar-refractivity contribution is 0.0700. The summed E-state index contributed by atoms with van der Waals surface area (Å²) < 4.78 is 10.6. The Morgan fingerprint density at radius 1 is 1.04 bits per heavy atom. The smallest absolute Gasteiger partial charge is 0.289 e. The summed E-state index contributed by atoms with van der Waals surface area (Å²) in [5.41, 5.74) is 1.93. The van der Waals surface area contributed by atoms with Crippen LogP contribution in [-0.4, -0.2) is 52.8 Å². The molecule has 1 saturated heterocycles. The van der Waals surface area contributed by atoms with Gasteiger partial charge in [0.15, 0.2) is 17.2 Å². The number of rotatable bonds is 2. The standard InChI is InChI=1S/C19H19N3O4/c1-13-20-15-12-14(5-6-16(15)26-13)18(23)21-7-3-8-22(10-9-21)19(24)17-4-2-11-25-17/h2,4-6,11-12H,3,7-10H2,1H3. The first-order valence-corrected chi connectivity index (χ1v) is 8.61. The van der Waals surface area contributed by atoms with Crippen LogP contribution in [-0.2, 0) is 0 Å². The first-order chi connectivity index (χ1) is 12.6. The summed E-state index contributed by atoms with van der Waals surface area (Å²) in [5.74, 6) is 0.715. The van der Waals surface area contributed by atoms with Gasteiger partial charge in [0, 0.05) is 38.7 Å². The predicted molar refractivity (Wildman–Crippen MR) is 93.9 cm³/mol. The Morgan fingerprint density at radius 2 is 1.81 bits per heavy atom. The van der Waals surface area contributed by atoms with E-state index >= 15 is 0 Å². The summed E-state index contributed by atoms with van der Waals surface area (Å²) >= 11 is 0. The zero-order valence-electron chi connectivity index (χ0n) is 14.5. The quantitative estimate of drug-likeness (QED) is 0.708. The molecule has 4 rings (SSSR count). The van der Waals surface area contributed by atoms with Crippen LogP contribution in [0.5, 0.6) is 0 Å². The predicted octanol–water partition coefficient (Wildman–Crippen LogP) is 2.72. The summed E-state index contributed by atoms with van der Waals surface area (Å²) in [6.07, 6.45) is 2.21. The molecule has 26 heavy (non-hydrogen) atoms. The summed E-state index contributed by atoms with van der Waals surface area (Å²) in [5, 5.41) is 0. The van der Waals surface area contributed by atoms with Crippen molar-refractivity contribution in [2.75, 3.05) is 26.2 Å². The largest absolute Gasteiger partial charge is 0.459 e. The van der Waals surface area contributed by atoms with E-state index in [9.17, 15) is 9.59 Å². The van der Waals surface area contributed by atoms with Gasteiger partial charge in [-0.1, -0.05) is 0 Å². The molecule has 7 heteroatoms. The highest BCUT2D eigenvalue weighted by molar-refractivity contribution is 5.97. The molecule has 1 aliphatic heterocycles. The molecule has 0 atom stereocenters. The van der Waals surface area contributed by atoms with Crippen LogP contribution in [0, 0.1) is 6.92 Å². The number of oxazole rings is 1. The molecule has 1 aromatic carbocycles. The molecule has 2 aromatic heterocycles. The summed E-state index contributed by atoms with van der Waals surface area (Å²) in [6, 6.07) is 8.64. The van der Waals surface area contributed by atoms with Gasteiger partial charge in [-0.25, -0.2) is 4.98 Å². The highest BCUT2D eigenvalue weighted by Gasteiger charge is 2.25. The van der Waals surface area contributed by atoms with Crippen molar-refractivity contribution in [2.45, 2.75) is 13.3 Å². The lowest BCUT2D eigenvalue weighted by Gasteiger charge is -2.21. The Labute approximate surface area is 150 Å². The Bertz CT molecular complexity index is 945. The molecule has 0 radical (unpaired) electrons. The first kappa shape index (κ1) is 16.4. The van der Waals surface area contributed by atoms with Crippen LogP contribution in [0.4, 0.5) is 0 Å². The highest BCUT2D eigenvalue weighted by atomic mass is 16.3. The van der Waals surface area contributed by atoms with Gasteiger partial charge in [-0.3, -0.25) is 9.59 Å². The van der Waals surface area contributed by atoms with E-state index in [-0.39, 0.29) is 11.8 Å². The van der Waals surface area contributed by atoms with Crippen molar-refractivity contribution in [1.82, 2.24) is 14.8 Å². The van der Waals surface area contributed by atoms with E-state index < -0.39 is 0 Å². The number of aromatic nitrogens is 1. The molecule has 3 aromatic rings. The molecule has 0 bridgehead atoms. The molecule has 134 valence electrons. The SMILES string of the molecule is Cc1nc2cc(C(=O)N3CCCN(C(=O)c4ccco4)CC3)ccc2o1. The number of aryl methyl sites for hydroxylation is 1. The fraction of sp³-hybridized carbons (Fsp3) is 0.316. The second-order valence-corrected chi connectivity index (χ2v) is 6.33. The Morgan fingerprint density at radius 3 is 2.54 bits per heavy atom. The van der Waals surface area contributed by atoms with Crippen LogP contribution in [0.1, 0.15) is 33.2 Å². The van der Waals surface area contributed by atoms with Crippen LogP contribution < -0.4 is 0 Å². The minimum absolute atomic E-state index is 0.0557. The monoisotopic (exact) mass is 353 g/mol. The van der Waals surface area contributed by atoms with E-state index in [0.29, 0.717) is 54.5 Å². The van der Waals surface area contributed by atoms with Gasteiger partial charge in [-0.2, -0.15) is 0 Å². The van der Waals surface area contributed by atoms with Crippen molar-refractivity contribution in [2.24, 2.45) is 0 Å². The van der Waals surface area contributed by atoms with Gasteiger partial charge < -0.3 is 18.6 Å². The molecule has 0 saturated carbocycles. The van der Waals surface area contributed by atoms with Crippen molar-refractivity contribution < 1.29 is 18.4 Å². The Hall–Kier alpha value is -3.09. The molecule has 7 nitrogen and oxygen atoms in total. The maximum Gasteiger partial charge on any atom is 0.289 e. The zero-order valence-corrected chi connectivity index (χ0v) is 14.5. The zero-order chi connectivity index (χ0) is 18.1. The third-order valence-electron chi connectivity index (χ3n) is 4.54. The summed E-state index contributed by atoms with van der Waals surface area (Å²) in [6.45, 7) is 3.96. The fourth-order valence-corrected chi connectivity index (χ4v) is 3.24. The lowest BCUT2D eigenvalue weighted by Crippen LogP contribution is -2.37. The average molecular weight is 353 g/mol. The number of benzene rings is 1. The normalized spacial score (nSPS) is 15.3. The molecule has 0 aliphatic carbocycles. The van der Waals surface area contributed by atoms with E-state index in [1.807, 2.05) is 0 Å². The van der Waals surface area contributed by atoms with Crippen LogP contribution in [0.25, 0.3) is 11.1 Å². The molecule has 0 unspecified atom stereocenters. The number of carbonyl (C=O) groups excluding carboxylic acids is 2. The number of carbonyl (C=O) groups is 2. The number of furan rings is 1. The third kappa shape index (κ3) is 3.08. The number of nitrogens with zero attached hydrogens (tertiary/aromatic N) is 3. The van der Waals surface area contributed by atoms with E-state index in [0.717, 1.165) is 6.42 Å². The lowest BCUT2D eigenvalue weighted by atomic mass is 10.1. The average Bonchev–Trinajstić information content (AvgIpc) is 3.23. The fourth-order valence-electron chi connectivity index (χ4n) is 3.24. The molecule has 2 amide bonds. The second kappa shape index (κ2) is 6.67. The van der Waals surface area contributed by atoms with E-state index in [4.69, 9.17) is 8.83 Å². The van der Waals surface area contributed by atoms with Gasteiger partial charge in [-0.05, 0) is 36.8 Å². The van der Waals surface area contributed by atoms with E-state index in [1.165, 1.54) is 6.26 Å². The third-order valence-corrected chi connectivity index (χ3v) is 4.54. The molecule has 0 N–H and O–H groups in total. The minimum atomic E-state index is -0.135. The molecular weight excluding hydrogens is 334 g/mol. The number of hydrogen-bond donors (Lipinski definition) is 0. The van der Waals surface area contributed by atoms with Gasteiger partial charge >= 0.3 is 0 Å². The Balaban J connectivity index is 1.47. The van der Waals surface area contributed by atoms with E-state index in [2.05, 4.69) is 4.98 Å². The van der Waals surface area contributed by atoms with E-state index in [1.54, 1.807) is 47.1 Å². The number of fused-ring (bicyclic) bond motifs is 1. The van der Waals surface area contributed by atoms with Crippen LogP contribution in [0.2, 0.25) is 0 Å². The highest BCUT2D eigenvalue weighted by Crippen LogP contribution is 2.19. The molecule has 1 aliphatic rings. The van der Waals surface area contributed by atoms with Gasteiger partial charge in [0.05, 0.1) is 6.26 Å². The maximum absolute atomic E-state index is 12.9. The van der Waals surface area contributed by atoms with Crippen molar-refractivity contribution in [3.8, 4) is 0 Å². The molecule has 1 fully saturated rings. The van der Waals surface area contributed by atoms with Crippen molar-refractivity contribution in [1.29, 1.82) is 0 Å². The topological polar surface area (TPSA) is 79.8 Å². The van der Waals surface area contributed by atoms with Crippen LogP contribution >= 0.6 is 0 Å². The van der Waals surface area contributed by atoms with Gasteiger partial charge in [0.1, 0.15) is 5.52 Å². The maximum atomic E-state index is 12.9. The molecular formula is C19H19N3O4. The van der Waals surface area contributed by atoms with Crippen molar-refractivity contribution in [3.63, 3.8) is 0 Å². The van der Waals surface area contributed by atoms with Crippen LogP contribution in [0.15, 0.2) is 45.4 Å². The summed E-state index contributed by atoms with van der Waals surface area (Å²) in [4.78, 5) is 33.1. The van der Waals surface area contributed by atoms with Gasteiger partial charge in [0.2, 0.25) is 0 Å². The second-order valence-electron chi connectivity index (χ2n) is 6.33. The first-order valence-electron chi connectivity index (χ1n) is 8.61. The van der Waals surface area contributed by atoms with Crippen LogP contribution in [0.3, 0.4) is 0 Å². The van der Waals surface area contributed by atoms with Gasteiger partial charge in [-0.15, -0.1) is 0 Å². The molecule has 0 spiro atoms. The molecule has 3 heterocycles. The number of hydrogen-bond acceptors (Lipinski definition) is 5. The Kier molecular flexibility index (Phi) is 4.20. The minimum Gasteiger partial charge on any atom is -0.459 e. The van der Waals surface area contributed by atoms with Crippen molar-refractivity contribution >= 4 is 22.9 Å². The summed E-state index contributed by atoms with van der Waals surface area (Å²) in [7, 11) is 0. The van der Waals surface area contributed by atoms with Gasteiger partial charge in [0.25, 0.3) is 11.8 Å². The van der Waals surface area contributed by atoms with Crippen molar-refractivity contribution in [3.05, 3.63) is 53.8 Å². The number of amides is 2.